The molecule has 0 aliphatic carbocycles. The fourth-order valence-corrected chi connectivity index (χ4v) is 7.38. The van der Waals surface area contributed by atoms with E-state index in [0.29, 0.717) is 5.92 Å². The van der Waals surface area contributed by atoms with Gasteiger partial charge in [0.15, 0.2) is 5.78 Å². The van der Waals surface area contributed by atoms with Gasteiger partial charge in [0.1, 0.15) is 12.1 Å². The monoisotopic (exact) mass is 836 g/mol. The molecular formula is C42H47IrN2O2S-. The fourth-order valence-electron chi connectivity index (χ4n) is 6.10. The van der Waals surface area contributed by atoms with E-state index in [1.807, 2.05) is 41.5 Å². The molecule has 2 heterocycles. The predicted octanol–water partition coefficient (Wildman–Crippen LogP) is 12.4. The van der Waals surface area contributed by atoms with Crippen molar-refractivity contribution in [3.05, 3.63) is 96.5 Å². The number of carbonyl (C=O) groups is 1. The summed E-state index contributed by atoms with van der Waals surface area (Å²) in [4.78, 5) is 21.6. The number of allylic oxidation sites excluding steroid dienone is 2. The minimum Gasteiger partial charge on any atom is -0.512 e. The third kappa shape index (κ3) is 6.99. The maximum Gasteiger partial charge on any atom is 0.164 e. The fraction of sp³-hybridized carbons (Fsp3) is 0.357. The normalized spacial score (nSPS) is 12.4. The number of carbonyl (C=O) groups excluding carboxylic acids is 1. The van der Waals surface area contributed by atoms with Crippen molar-refractivity contribution < 1.29 is 30.0 Å². The van der Waals surface area contributed by atoms with Gasteiger partial charge in [0.05, 0.1) is 5.52 Å². The molecule has 6 heteroatoms. The zero-order chi connectivity index (χ0) is 33.9. The van der Waals surface area contributed by atoms with Crippen LogP contribution >= 0.6 is 11.3 Å². The van der Waals surface area contributed by atoms with Crippen LogP contribution < -0.4 is 0 Å². The van der Waals surface area contributed by atoms with Crippen molar-refractivity contribution in [1.29, 1.82) is 0 Å². The molecule has 253 valence electrons. The van der Waals surface area contributed by atoms with Crippen LogP contribution in [-0.4, -0.2) is 20.9 Å². The second-order valence-corrected chi connectivity index (χ2v) is 14.4. The van der Waals surface area contributed by atoms with E-state index in [1.165, 1.54) is 43.3 Å². The number of aliphatic hydroxyl groups excluding tert-OH is 1. The summed E-state index contributed by atoms with van der Waals surface area (Å²) in [6.45, 7) is 16.5. The van der Waals surface area contributed by atoms with Gasteiger partial charge in [-0.2, -0.15) is 0 Å². The Bertz CT molecular complexity index is 2090. The Labute approximate surface area is 303 Å². The first-order chi connectivity index (χ1) is 22.5. The molecule has 6 aromatic rings. The average molecular weight is 836 g/mol. The Morgan fingerprint density at radius 2 is 1.42 bits per heavy atom. The number of aromatic nitrogens is 2. The van der Waals surface area contributed by atoms with E-state index in [2.05, 4.69) is 91.6 Å². The van der Waals surface area contributed by atoms with Gasteiger partial charge in [0.25, 0.3) is 0 Å². The van der Waals surface area contributed by atoms with Crippen LogP contribution in [0.2, 0.25) is 0 Å². The summed E-state index contributed by atoms with van der Waals surface area (Å²) in [6, 6.07) is 27.2. The van der Waals surface area contributed by atoms with E-state index in [4.69, 9.17) is 4.98 Å². The quantitative estimate of drug-likeness (QED) is 0.0895. The van der Waals surface area contributed by atoms with E-state index in [1.54, 1.807) is 17.7 Å². The molecular weight excluding hydrogens is 789 g/mol. The molecule has 0 amide bonds. The molecule has 2 aromatic heterocycles. The Morgan fingerprint density at radius 1 is 0.812 bits per heavy atom. The van der Waals surface area contributed by atoms with E-state index in [0.717, 1.165) is 47.2 Å². The third-order valence-electron chi connectivity index (χ3n) is 10.5. The van der Waals surface area contributed by atoms with Crippen molar-refractivity contribution in [1.82, 2.24) is 9.97 Å². The van der Waals surface area contributed by atoms with Crippen LogP contribution in [0.3, 0.4) is 0 Å². The number of rotatable bonds is 9. The van der Waals surface area contributed by atoms with Crippen molar-refractivity contribution in [2.75, 3.05) is 0 Å². The Balaban J connectivity index is 0.000000251. The van der Waals surface area contributed by atoms with E-state index < -0.39 is 0 Å². The summed E-state index contributed by atoms with van der Waals surface area (Å²) in [5, 5.41) is 16.3. The van der Waals surface area contributed by atoms with Gasteiger partial charge in [0, 0.05) is 57.5 Å². The number of fused-ring (bicyclic) bond motifs is 6. The van der Waals surface area contributed by atoms with Crippen LogP contribution in [0, 0.1) is 16.9 Å². The van der Waals surface area contributed by atoms with Crippen molar-refractivity contribution >= 4 is 59.0 Å². The molecule has 1 N–H and O–H groups in total. The first kappa shape index (κ1) is 37.4. The zero-order valence-corrected chi connectivity index (χ0v) is 32.6. The third-order valence-corrected chi connectivity index (χ3v) is 11.7. The minimum atomic E-state index is -0.337. The topological polar surface area (TPSA) is 63.1 Å². The van der Waals surface area contributed by atoms with Gasteiger partial charge in [0.2, 0.25) is 0 Å². The molecule has 0 saturated heterocycles. The van der Waals surface area contributed by atoms with Crippen molar-refractivity contribution in [2.24, 2.45) is 10.8 Å². The number of ketones is 1. The standard InChI is InChI=1S/C27H19N2S.C15H28O2.Ir/c1-16(2)18-13-14-22(21-10-6-5-9-20(18)21)24-27-25(29-15-28-24)23-12-11-17-7-3-4-8-19(17)26(23)30-27;1-7-14(5,8-2)12(16)11-13(17)15(6,9-3)10-4;/h3-13,15-16H,1-2H3;11,16H,7-10H2,1-6H3;/q-1;;/b;12-11-;. The van der Waals surface area contributed by atoms with Crippen molar-refractivity contribution in [2.45, 2.75) is 87.0 Å². The second-order valence-electron chi connectivity index (χ2n) is 13.4. The summed E-state index contributed by atoms with van der Waals surface area (Å²) >= 11 is 1.79. The summed E-state index contributed by atoms with van der Waals surface area (Å²) in [5.41, 5.74) is 3.77. The molecule has 0 bridgehead atoms. The van der Waals surface area contributed by atoms with Crippen LogP contribution in [0.5, 0.6) is 0 Å². The number of thiophene rings is 1. The Hall–Kier alpha value is -3.44. The van der Waals surface area contributed by atoms with E-state index in [9.17, 15) is 9.90 Å². The largest absolute Gasteiger partial charge is 0.512 e. The molecule has 6 rings (SSSR count). The Kier molecular flexibility index (Phi) is 12.0. The molecule has 1 radical (unpaired) electrons. The smallest absolute Gasteiger partial charge is 0.164 e. The first-order valence-corrected chi connectivity index (χ1v) is 17.8. The summed E-state index contributed by atoms with van der Waals surface area (Å²) in [5.74, 6) is 0.732. The molecule has 0 unspecified atom stereocenters. The van der Waals surface area contributed by atoms with E-state index >= 15 is 0 Å². The van der Waals surface area contributed by atoms with Gasteiger partial charge in [-0.15, -0.1) is 34.6 Å². The molecule has 0 saturated carbocycles. The maximum absolute atomic E-state index is 12.2. The molecule has 0 fully saturated rings. The molecule has 4 nitrogen and oxygen atoms in total. The molecule has 4 aromatic carbocycles. The van der Waals surface area contributed by atoms with Crippen LogP contribution in [0.25, 0.3) is 53.1 Å². The van der Waals surface area contributed by atoms with Gasteiger partial charge in [-0.3, -0.25) is 9.78 Å². The van der Waals surface area contributed by atoms with E-state index in [-0.39, 0.29) is 42.5 Å². The average Bonchev–Trinajstić information content (AvgIpc) is 3.50. The first-order valence-electron chi connectivity index (χ1n) is 17.0. The molecule has 0 aliphatic rings. The molecule has 48 heavy (non-hydrogen) atoms. The van der Waals surface area contributed by atoms with Crippen LogP contribution in [0.15, 0.2) is 84.9 Å². The van der Waals surface area contributed by atoms with Gasteiger partial charge < -0.3 is 5.11 Å². The number of aliphatic hydroxyl groups is 1. The predicted molar refractivity (Wildman–Crippen MR) is 201 cm³/mol. The summed E-state index contributed by atoms with van der Waals surface area (Å²) in [6.07, 6.45) is 6.45. The summed E-state index contributed by atoms with van der Waals surface area (Å²) in [7, 11) is 0. The zero-order valence-electron chi connectivity index (χ0n) is 29.4. The minimum absolute atomic E-state index is 0. The Morgan fingerprint density at radius 3 is 2.04 bits per heavy atom. The van der Waals surface area contributed by atoms with Crippen LogP contribution in [0.4, 0.5) is 0 Å². The molecule has 0 aliphatic heterocycles. The number of hydrogen-bond donors (Lipinski definition) is 1. The molecule has 0 spiro atoms. The second kappa shape index (κ2) is 15.4. The number of nitrogens with zero attached hydrogens (tertiary/aromatic N) is 2. The summed E-state index contributed by atoms with van der Waals surface area (Å²) < 4.78 is 2.40. The van der Waals surface area contributed by atoms with Crippen LogP contribution in [-0.2, 0) is 24.9 Å². The van der Waals surface area contributed by atoms with Crippen LogP contribution in [0.1, 0.15) is 92.6 Å². The van der Waals surface area contributed by atoms with Gasteiger partial charge in [-0.25, -0.2) is 4.98 Å². The maximum atomic E-state index is 12.2. The van der Waals surface area contributed by atoms with Gasteiger partial charge >= 0.3 is 0 Å². The SMILES string of the molecule is CC(C)c1c[c-]c(-c2ncnc3c2sc2c4ccccc4ccc32)c2ccccc12.CCC(C)(CC)C(=O)/C=C(\O)C(C)(CC)CC.[Ir]. The van der Waals surface area contributed by atoms with Crippen molar-refractivity contribution in [3.8, 4) is 11.3 Å². The number of hydrogen-bond acceptors (Lipinski definition) is 5. The number of benzene rings is 4. The van der Waals surface area contributed by atoms with Gasteiger partial charge in [-0.1, -0.05) is 133 Å². The van der Waals surface area contributed by atoms with Crippen molar-refractivity contribution in [3.63, 3.8) is 0 Å². The molecule has 0 atom stereocenters. The van der Waals surface area contributed by atoms with Gasteiger partial charge in [-0.05, 0) is 36.5 Å².